The Kier molecular flexibility index (Phi) is 13.8. The highest BCUT2D eigenvalue weighted by Crippen LogP contribution is 1.92. The molecule has 3 amide bonds. The Hall–Kier alpha value is -2.74. The average molecular weight is 401 g/mol. The number of rotatable bonds is 10. The minimum Gasteiger partial charge on any atom is -0.347 e. The van der Waals surface area contributed by atoms with Crippen LogP contribution in [-0.2, 0) is 19.2 Å². The summed E-state index contributed by atoms with van der Waals surface area (Å²) in [7, 11) is 0. The lowest BCUT2D eigenvalue weighted by Crippen LogP contribution is -2.44. The number of Topliss-reactive ketones (excluding diaryl/α,β-unsaturated/α-hetero) is 1. The van der Waals surface area contributed by atoms with Crippen LogP contribution < -0.4 is 21.3 Å². The van der Waals surface area contributed by atoms with Gasteiger partial charge in [0.2, 0.25) is 17.7 Å². The third-order valence-corrected chi connectivity index (χ3v) is 3.47. The van der Waals surface area contributed by atoms with Gasteiger partial charge in [0.05, 0.1) is 26.2 Å². The van der Waals surface area contributed by atoms with E-state index in [4.69, 9.17) is 0 Å². The second-order valence-electron chi connectivity index (χ2n) is 6.39. The fourth-order valence-electron chi connectivity index (χ4n) is 1.71. The van der Waals surface area contributed by atoms with E-state index in [1.165, 1.54) is 5.56 Å². The molecule has 1 rings (SSSR count). The van der Waals surface area contributed by atoms with Gasteiger partial charge in [0.15, 0.2) is 5.78 Å². The molecule has 0 fully saturated rings. The largest absolute Gasteiger partial charge is 0.347 e. The minimum absolute atomic E-state index is 0. The third-order valence-electron chi connectivity index (χ3n) is 3.47. The molecule has 8 heteroatoms. The summed E-state index contributed by atoms with van der Waals surface area (Å²) in [5.41, 5.74) is 1.32. The number of carbonyl (C=O) groups is 4. The maximum absolute atomic E-state index is 11.4. The van der Waals surface area contributed by atoms with Gasteiger partial charge in [0, 0.05) is 11.6 Å². The minimum atomic E-state index is -0.467. The van der Waals surface area contributed by atoms with Crippen LogP contribution in [0.3, 0.4) is 0 Å². The second-order valence-corrected chi connectivity index (χ2v) is 6.39. The molecule has 0 bridgehead atoms. The van der Waals surface area contributed by atoms with Gasteiger partial charge in [-0.15, -0.1) is 0 Å². The van der Waals surface area contributed by atoms with Crippen LogP contribution in [0.2, 0.25) is 0 Å². The summed E-state index contributed by atoms with van der Waals surface area (Å²) in [5.74, 6) is -1.43. The van der Waals surface area contributed by atoms with Crippen molar-refractivity contribution in [3.8, 4) is 0 Å². The Labute approximate surface area is 172 Å². The zero-order valence-electron chi connectivity index (χ0n) is 17.1. The van der Waals surface area contributed by atoms with Crippen molar-refractivity contribution in [2.75, 3.05) is 32.7 Å². The van der Waals surface area contributed by atoms with Crippen molar-refractivity contribution in [2.45, 2.75) is 27.7 Å². The summed E-state index contributed by atoms with van der Waals surface area (Å²) in [4.78, 5) is 45.3. The second kappa shape index (κ2) is 15.3. The Bertz CT molecular complexity index is 635. The lowest BCUT2D eigenvalue weighted by Gasteiger charge is -2.08. The van der Waals surface area contributed by atoms with Gasteiger partial charge in [0.1, 0.15) is 0 Å². The first-order valence-corrected chi connectivity index (χ1v) is 9.31. The van der Waals surface area contributed by atoms with Crippen LogP contribution in [0, 0.1) is 12.8 Å². The summed E-state index contributed by atoms with van der Waals surface area (Å²) >= 11 is 0. The molecule has 0 aliphatic carbocycles. The first kappa shape index (κ1) is 25.3. The molecule has 0 aliphatic rings. The van der Waals surface area contributed by atoms with E-state index in [1.807, 2.05) is 25.1 Å². The monoisotopic (exact) mass is 400 g/mol. The van der Waals surface area contributed by atoms with E-state index in [1.54, 1.807) is 13.8 Å². The average Bonchev–Trinajstić information content (AvgIpc) is 2.68. The third kappa shape index (κ3) is 14.4. The molecule has 0 aliphatic heterocycles. The van der Waals surface area contributed by atoms with E-state index < -0.39 is 11.8 Å². The first-order chi connectivity index (χ1) is 13.3. The highest BCUT2D eigenvalue weighted by atomic mass is 16.2. The molecule has 0 aromatic heterocycles. The van der Waals surface area contributed by atoms with Crippen LogP contribution in [-0.4, -0.2) is 56.2 Å². The van der Waals surface area contributed by atoms with Gasteiger partial charge >= 0.3 is 0 Å². The molecule has 0 atom stereocenters. The molecular weight excluding hydrogens is 360 g/mol. The fraction of sp³-hybridized carbons (Fsp3) is 0.500. The highest BCUT2D eigenvalue weighted by Gasteiger charge is 2.10. The Morgan fingerprint density at radius 1 is 0.821 bits per heavy atom. The Balaban J connectivity index is -0.000000189. The van der Waals surface area contributed by atoms with E-state index in [2.05, 4.69) is 40.3 Å². The molecule has 0 saturated heterocycles. The quantitative estimate of drug-likeness (QED) is 0.470. The first-order valence-electron chi connectivity index (χ1n) is 9.31. The number of ketones is 1. The summed E-state index contributed by atoms with van der Waals surface area (Å²) in [6.07, 6.45) is 0. The van der Waals surface area contributed by atoms with Gasteiger partial charge in [-0.05, 0) is 13.5 Å². The molecule has 1 aromatic rings. The number of hydrogen-bond donors (Lipinski definition) is 4. The van der Waals surface area contributed by atoms with E-state index in [9.17, 15) is 19.2 Å². The number of amides is 3. The van der Waals surface area contributed by atoms with E-state index >= 15 is 0 Å². The molecule has 0 spiro atoms. The maximum atomic E-state index is 11.4. The molecule has 4 N–H and O–H groups in total. The van der Waals surface area contributed by atoms with Crippen LogP contribution >= 0.6 is 0 Å². The lowest BCUT2D eigenvalue weighted by atomic mass is 10.1. The van der Waals surface area contributed by atoms with Crippen molar-refractivity contribution < 1.29 is 24.9 Å². The molecule has 28 heavy (non-hydrogen) atoms. The van der Waals surface area contributed by atoms with Crippen molar-refractivity contribution in [1.29, 1.82) is 0 Å². The summed E-state index contributed by atoms with van der Waals surface area (Å²) in [5, 5.41) is 9.99. The van der Waals surface area contributed by atoms with Crippen molar-refractivity contribution in [1.82, 2.24) is 21.3 Å². The van der Waals surface area contributed by atoms with Crippen molar-refractivity contribution in [3.63, 3.8) is 0 Å². The summed E-state index contributed by atoms with van der Waals surface area (Å²) in [6.45, 7) is 7.76. The predicted molar refractivity (Wildman–Crippen MR) is 117 cm³/mol. The van der Waals surface area contributed by atoms with Gasteiger partial charge in [-0.2, -0.15) is 0 Å². The molecule has 164 valence electrons. The van der Waals surface area contributed by atoms with Gasteiger partial charge in [-0.25, -0.2) is 0 Å². The smallest absolute Gasteiger partial charge is 0.239 e. The number of nitrogens with one attached hydrogen (secondary N) is 4. The highest BCUT2D eigenvalue weighted by molar-refractivity contribution is 5.90. The molecule has 0 saturated carbocycles. The Morgan fingerprint density at radius 3 is 1.68 bits per heavy atom. The predicted octanol–water partition coefficient (Wildman–Crippen LogP) is 1.15. The summed E-state index contributed by atoms with van der Waals surface area (Å²) < 4.78 is 0. The van der Waals surface area contributed by atoms with Crippen LogP contribution in [0.5, 0.6) is 0 Å². The molecule has 8 nitrogen and oxygen atoms in total. The fourth-order valence-corrected chi connectivity index (χ4v) is 1.71. The Morgan fingerprint density at radius 2 is 1.29 bits per heavy atom. The molecule has 0 radical (unpaired) electrons. The number of carbonyl (C=O) groups excluding carboxylic acids is 4. The van der Waals surface area contributed by atoms with E-state index in [0.717, 1.165) is 0 Å². The van der Waals surface area contributed by atoms with Crippen molar-refractivity contribution in [2.24, 2.45) is 5.92 Å². The molecule has 1 aromatic carbocycles. The molecular formula is C20H40N4O4. The maximum Gasteiger partial charge on any atom is 0.239 e. The number of hydrogen-bond acceptors (Lipinski definition) is 5. The van der Waals surface area contributed by atoms with Gasteiger partial charge < -0.3 is 21.3 Å². The molecule has 0 heterocycles. The van der Waals surface area contributed by atoms with Crippen LogP contribution in [0.15, 0.2) is 30.3 Å². The van der Waals surface area contributed by atoms with Gasteiger partial charge in [-0.1, -0.05) is 56.7 Å². The number of likely N-dealkylation sites (N-methyl/N-ethyl adjacent to an activating group) is 1. The topological polar surface area (TPSA) is 116 Å². The summed E-state index contributed by atoms with van der Waals surface area (Å²) in [6, 6.07) is 10.3. The number of benzene rings is 1. The number of aryl methyl sites for hydroxylation is 1. The van der Waals surface area contributed by atoms with Crippen LogP contribution in [0.4, 0.5) is 0 Å². The van der Waals surface area contributed by atoms with Gasteiger partial charge in [0.25, 0.3) is 0 Å². The standard InChI is InChI=1S/C13H24N4O4.C7H8.4H2/c1-4-14-6-11(19)16-8-13(21)17-7-12(20)15-5-10(18)9(2)3;1-7-5-3-2-4-6-7;;;;/h9,14H,4-8H2,1-3H3,(H,15,20)(H,16,19)(H,17,21);2-6H,1H3;4*1H. The van der Waals surface area contributed by atoms with Crippen molar-refractivity contribution in [3.05, 3.63) is 35.9 Å². The van der Waals surface area contributed by atoms with Gasteiger partial charge in [-0.3, -0.25) is 19.2 Å². The van der Waals surface area contributed by atoms with E-state index in [0.29, 0.717) is 6.54 Å². The lowest BCUT2D eigenvalue weighted by molar-refractivity contribution is -0.128. The molecule has 0 unspecified atom stereocenters. The SMILES string of the molecule is CCNCC(=O)NCC(=O)NCC(=O)NCC(=O)C(C)C.Cc1ccccc1.[HH].[HH].[HH].[HH]. The zero-order valence-corrected chi connectivity index (χ0v) is 17.1. The normalized spacial score (nSPS) is 9.75. The van der Waals surface area contributed by atoms with Crippen LogP contribution in [0.25, 0.3) is 0 Å². The van der Waals surface area contributed by atoms with Crippen molar-refractivity contribution >= 4 is 23.5 Å². The van der Waals surface area contributed by atoms with E-state index in [-0.39, 0.29) is 49.5 Å². The zero-order chi connectivity index (χ0) is 21.4. The van der Waals surface area contributed by atoms with Crippen LogP contribution in [0.1, 0.15) is 32.0 Å².